The molecule has 2 saturated heterocycles. The molecule has 21 heavy (non-hydrogen) atoms. The molecule has 0 spiro atoms. The van der Waals surface area contributed by atoms with Crippen LogP contribution in [0.2, 0.25) is 0 Å². The van der Waals surface area contributed by atoms with Crippen LogP contribution in [0.5, 0.6) is 0 Å². The molecule has 0 aromatic rings. The number of carboxylic acid groups (broad SMARTS) is 1. The Morgan fingerprint density at radius 3 is 2.14 bits per heavy atom. The van der Waals surface area contributed by atoms with Gasteiger partial charge in [0.2, 0.25) is 5.91 Å². The van der Waals surface area contributed by atoms with E-state index < -0.39 is 5.97 Å². The van der Waals surface area contributed by atoms with E-state index in [2.05, 4.69) is 10.2 Å². The first-order valence-electron chi connectivity index (χ1n) is 7.53. The second-order valence-corrected chi connectivity index (χ2v) is 7.29. The molecule has 6 heteroatoms. The second-order valence-electron chi connectivity index (χ2n) is 7.29. The van der Waals surface area contributed by atoms with Crippen molar-refractivity contribution in [2.45, 2.75) is 70.5 Å². The number of hydrogen-bond acceptors (Lipinski definition) is 3. The van der Waals surface area contributed by atoms with Crippen LogP contribution in [0.3, 0.4) is 0 Å². The number of carbonyl (C=O) groups is 2. The minimum absolute atomic E-state index is 0. The monoisotopic (exact) mass is 318 g/mol. The zero-order chi connectivity index (χ0) is 14.9. The summed E-state index contributed by atoms with van der Waals surface area (Å²) in [6.45, 7) is 6.40. The molecule has 2 N–H and O–H groups in total. The summed E-state index contributed by atoms with van der Waals surface area (Å²) < 4.78 is 0. The van der Waals surface area contributed by atoms with Crippen molar-refractivity contribution in [2.24, 2.45) is 5.92 Å². The lowest BCUT2D eigenvalue weighted by Crippen LogP contribution is -2.51. The average molecular weight is 319 g/mol. The molecule has 0 saturated carbocycles. The number of nitrogens with zero attached hydrogens (tertiary/aromatic N) is 1. The molecule has 122 valence electrons. The molecular formula is C15H27ClN2O3. The van der Waals surface area contributed by atoms with Gasteiger partial charge in [-0.15, -0.1) is 12.4 Å². The van der Waals surface area contributed by atoms with Gasteiger partial charge in [0, 0.05) is 24.0 Å². The molecule has 2 bridgehead atoms. The third-order valence-corrected chi connectivity index (χ3v) is 4.29. The molecule has 2 aliphatic rings. The highest BCUT2D eigenvalue weighted by atomic mass is 35.5. The highest BCUT2D eigenvalue weighted by Crippen LogP contribution is 2.39. The van der Waals surface area contributed by atoms with Crippen LogP contribution in [0.1, 0.15) is 52.9 Å². The summed E-state index contributed by atoms with van der Waals surface area (Å²) in [6.07, 6.45) is 4.32. The summed E-state index contributed by atoms with van der Waals surface area (Å²) in [5.41, 5.74) is -0.197. The quantitative estimate of drug-likeness (QED) is 0.832. The predicted octanol–water partition coefficient (Wildman–Crippen LogP) is 2.04. The maximum absolute atomic E-state index is 12.1. The Morgan fingerprint density at radius 1 is 1.19 bits per heavy atom. The zero-order valence-electron chi connectivity index (χ0n) is 13.1. The van der Waals surface area contributed by atoms with Crippen molar-refractivity contribution in [3.05, 3.63) is 0 Å². The molecule has 2 fully saturated rings. The minimum Gasteiger partial charge on any atom is -0.481 e. The van der Waals surface area contributed by atoms with E-state index in [1.165, 1.54) is 0 Å². The van der Waals surface area contributed by atoms with E-state index in [1.54, 1.807) is 0 Å². The molecular weight excluding hydrogens is 292 g/mol. The van der Waals surface area contributed by atoms with Crippen molar-refractivity contribution in [3.63, 3.8) is 0 Å². The van der Waals surface area contributed by atoms with Crippen LogP contribution in [-0.2, 0) is 9.59 Å². The topological polar surface area (TPSA) is 69.6 Å². The summed E-state index contributed by atoms with van der Waals surface area (Å²) in [7, 11) is 0. The van der Waals surface area contributed by atoms with E-state index >= 15 is 0 Å². The Kier molecular flexibility index (Phi) is 6.05. The van der Waals surface area contributed by atoms with Gasteiger partial charge in [0.05, 0.1) is 6.54 Å². The number of carbonyl (C=O) groups excluding carboxylic acids is 1. The van der Waals surface area contributed by atoms with Gasteiger partial charge in [-0.05, 0) is 52.4 Å². The molecule has 2 aliphatic heterocycles. The SMILES string of the molecule is CC(C)(C)NC(=O)CN1C2CCC1CC(CC(=O)O)C2.Cl. The first-order valence-corrected chi connectivity index (χ1v) is 7.53. The van der Waals surface area contributed by atoms with Crippen molar-refractivity contribution >= 4 is 24.3 Å². The van der Waals surface area contributed by atoms with Gasteiger partial charge < -0.3 is 10.4 Å². The highest BCUT2D eigenvalue weighted by Gasteiger charge is 2.41. The number of fused-ring (bicyclic) bond motifs is 2. The number of rotatable bonds is 4. The lowest BCUT2D eigenvalue weighted by Gasteiger charge is -2.38. The highest BCUT2D eigenvalue weighted by molar-refractivity contribution is 5.85. The fourth-order valence-corrected chi connectivity index (χ4v) is 3.68. The number of amides is 1. The fourth-order valence-electron chi connectivity index (χ4n) is 3.68. The summed E-state index contributed by atoms with van der Waals surface area (Å²) >= 11 is 0. The van der Waals surface area contributed by atoms with Crippen molar-refractivity contribution in [2.75, 3.05) is 6.54 Å². The van der Waals surface area contributed by atoms with E-state index in [-0.39, 0.29) is 36.2 Å². The van der Waals surface area contributed by atoms with E-state index in [9.17, 15) is 9.59 Å². The Balaban J connectivity index is 0.00000220. The first-order chi connectivity index (χ1) is 9.24. The van der Waals surface area contributed by atoms with E-state index in [1.807, 2.05) is 20.8 Å². The average Bonchev–Trinajstić information content (AvgIpc) is 2.51. The minimum atomic E-state index is -0.701. The van der Waals surface area contributed by atoms with Gasteiger partial charge in [0.1, 0.15) is 0 Å². The Bertz CT molecular complexity index is 381. The number of hydrogen-bond donors (Lipinski definition) is 2. The Morgan fingerprint density at radius 2 is 1.71 bits per heavy atom. The number of halogens is 1. The normalized spacial score (nSPS) is 28.8. The molecule has 1 amide bonds. The smallest absolute Gasteiger partial charge is 0.303 e. The molecule has 0 aliphatic carbocycles. The van der Waals surface area contributed by atoms with Gasteiger partial charge >= 0.3 is 5.97 Å². The van der Waals surface area contributed by atoms with Gasteiger partial charge in [0.15, 0.2) is 0 Å². The fraction of sp³-hybridized carbons (Fsp3) is 0.867. The van der Waals surface area contributed by atoms with Crippen LogP contribution in [-0.4, -0.2) is 46.1 Å². The van der Waals surface area contributed by atoms with Gasteiger partial charge in [-0.1, -0.05) is 0 Å². The largest absolute Gasteiger partial charge is 0.481 e. The molecule has 2 atom stereocenters. The number of carboxylic acids is 1. The van der Waals surface area contributed by atoms with Crippen molar-refractivity contribution in [3.8, 4) is 0 Å². The second kappa shape index (κ2) is 6.97. The van der Waals surface area contributed by atoms with Crippen LogP contribution in [0, 0.1) is 5.92 Å². The van der Waals surface area contributed by atoms with Crippen LogP contribution in [0.4, 0.5) is 0 Å². The molecule has 2 unspecified atom stereocenters. The lowest BCUT2D eigenvalue weighted by atomic mass is 9.88. The van der Waals surface area contributed by atoms with Crippen molar-refractivity contribution in [1.82, 2.24) is 10.2 Å². The maximum Gasteiger partial charge on any atom is 0.303 e. The summed E-state index contributed by atoms with van der Waals surface area (Å²) in [4.78, 5) is 25.2. The van der Waals surface area contributed by atoms with Crippen LogP contribution in [0.25, 0.3) is 0 Å². The third kappa shape index (κ3) is 5.15. The van der Waals surface area contributed by atoms with Crippen molar-refractivity contribution in [1.29, 1.82) is 0 Å². The standard InChI is InChI=1S/C15H26N2O3.ClH/c1-15(2,3)16-13(18)9-17-11-4-5-12(17)7-10(6-11)8-14(19)20;/h10-12H,4-9H2,1-3H3,(H,16,18)(H,19,20);1H. The van der Waals surface area contributed by atoms with Crippen LogP contribution >= 0.6 is 12.4 Å². The Labute approximate surface area is 132 Å². The van der Waals surface area contributed by atoms with E-state index in [0.717, 1.165) is 25.7 Å². The maximum atomic E-state index is 12.1. The molecule has 0 aromatic heterocycles. The Hall–Kier alpha value is -0.810. The van der Waals surface area contributed by atoms with Gasteiger partial charge in [0.25, 0.3) is 0 Å². The number of nitrogens with one attached hydrogen (secondary N) is 1. The third-order valence-electron chi connectivity index (χ3n) is 4.29. The van der Waals surface area contributed by atoms with Crippen LogP contribution in [0.15, 0.2) is 0 Å². The summed E-state index contributed by atoms with van der Waals surface area (Å²) in [5, 5.41) is 11.9. The van der Waals surface area contributed by atoms with Gasteiger partial charge in [-0.3, -0.25) is 14.5 Å². The predicted molar refractivity (Wildman–Crippen MR) is 83.6 cm³/mol. The van der Waals surface area contributed by atoms with Crippen molar-refractivity contribution < 1.29 is 14.7 Å². The summed E-state index contributed by atoms with van der Waals surface area (Å²) in [6, 6.07) is 0.785. The summed E-state index contributed by atoms with van der Waals surface area (Å²) in [5.74, 6) is -0.341. The van der Waals surface area contributed by atoms with Gasteiger partial charge in [-0.25, -0.2) is 0 Å². The molecule has 5 nitrogen and oxygen atoms in total. The van der Waals surface area contributed by atoms with Crippen LogP contribution < -0.4 is 5.32 Å². The molecule has 0 radical (unpaired) electrons. The number of piperidine rings is 1. The zero-order valence-corrected chi connectivity index (χ0v) is 13.9. The van der Waals surface area contributed by atoms with E-state index in [0.29, 0.717) is 18.6 Å². The lowest BCUT2D eigenvalue weighted by molar-refractivity contribution is -0.139. The molecule has 2 heterocycles. The van der Waals surface area contributed by atoms with E-state index in [4.69, 9.17) is 5.11 Å². The molecule has 2 rings (SSSR count). The first kappa shape index (κ1) is 18.2. The number of aliphatic carboxylic acids is 1. The van der Waals surface area contributed by atoms with Gasteiger partial charge in [-0.2, -0.15) is 0 Å². The molecule has 0 aromatic carbocycles.